The first-order valence-electron chi connectivity index (χ1n) is 19.7. The minimum absolute atomic E-state index is 0.868. The van der Waals surface area contributed by atoms with E-state index in [0.717, 1.165) is 55.8 Å². The van der Waals surface area contributed by atoms with Crippen LogP contribution in [0.15, 0.2) is 211 Å². The Kier molecular flexibility index (Phi) is 7.40. The van der Waals surface area contributed by atoms with Crippen molar-refractivity contribution in [2.45, 2.75) is 0 Å². The fraction of sp³-hybridized carbons (Fsp3) is 0. The Morgan fingerprint density at radius 1 is 0.397 bits per heavy atom. The van der Waals surface area contributed by atoms with Crippen LogP contribution in [0.5, 0.6) is 0 Å². The van der Waals surface area contributed by atoms with E-state index >= 15 is 0 Å². The summed E-state index contributed by atoms with van der Waals surface area (Å²) in [5.74, 6) is 0. The van der Waals surface area contributed by atoms with Crippen LogP contribution in [0.4, 0.5) is 17.1 Å². The van der Waals surface area contributed by atoms with E-state index in [-0.39, 0.29) is 0 Å². The fourth-order valence-corrected chi connectivity index (χ4v) is 10.0. The normalized spacial score (nSPS) is 11.8. The smallest absolute Gasteiger partial charge is 0.145 e. The SMILES string of the molecule is c1ccc(N(c2ccc(-c3ccc4sc5ccccc5c4c3)cc2)c2ccc3c(oc4ccccc43)c2-c2cccc(-n3c4ccccc4c4ccccc43)c2)cc1. The molecule has 4 heteroatoms. The fourth-order valence-electron chi connectivity index (χ4n) is 8.96. The third kappa shape index (κ3) is 5.12. The van der Waals surface area contributed by atoms with Crippen LogP contribution in [0.3, 0.4) is 0 Å². The van der Waals surface area contributed by atoms with Crippen LogP contribution in [0, 0.1) is 0 Å². The molecule has 0 radical (unpaired) electrons. The molecule has 12 aromatic rings. The second kappa shape index (κ2) is 13.1. The van der Waals surface area contributed by atoms with Crippen molar-refractivity contribution in [3.8, 4) is 27.9 Å². The molecule has 0 spiro atoms. The van der Waals surface area contributed by atoms with Crippen LogP contribution in [0.2, 0.25) is 0 Å². The third-order valence-electron chi connectivity index (χ3n) is 11.6. The zero-order valence-corrected chi connectivity index (χ0v) is 32.2. The molecular formula is C54H34N2OS. The van der Waals surface area contributed by atoms with Gasteiger partial charge in [-0.15, -0.1) is 11.3 Å². The number of nitrogens with zero attached hydrogens (tertiary/aromatic N) is 2. The quantitative estimate of drug-likeness (QED) is 0.168. The zero-order chi connectivity index (χ0) is 38.2. The van der Waals surface area contributed by atoms with E-state index in [9.17, 15) is 0 Å². The molecule has 3 nitrogen and oxygen atoms in total. The Bertz CT molecular complexity index is 3460. The molecule has 0 aliphatic heterocycles. The first kappa shape index (κ1) is 32.8. The van der Waals surface area contributed by atoms with Gasteiger partial charge in [0.15, 0.2) is 0 Å². The van der Waals surface area contributed by atoms with Crippen molar-refractivity contribution in [2.75, 3.05) is 4.90 Å². The van der Waals surface area contributed by atoms with Gasteiger partial charge in [0.1, 0.15) is 11.2 Å². The molecule has 0 fully saturated rings. The summed E-state index contributed by atoms with van der Waals surface area (Å²) in [6.45, 7) is 0. The van der Waals surface area contributed by atoms with Crippen LogP contribution in [0.1, 0.15) is 0 Å². The maximum absolute atomic E-state index is 6.87. The maximum atomic E-state index is 6.87. The van der Waals surface area contributed by atoms with E-state index in [2.05, 4.69) is 210 Å². The van der Waals surface area contributed by atoms with Gasteiger partial charge in [-0.1, -0.05) is 121 Å². The van der Waals surface area contributed by atoms with Crippen molar-refractivity contribution in [2.24, 2.45) is 0 Å². The number of rotatable bonds is 6. The summed E-state index contributed by atoms with van der Waals surface area (Å²) in [5.41, 5.74) is 12.9. The number of hydrogen-bond acceptors (Lipinski definition) is 3. The van der Waals surface area contributed by atoms with E-state index in [1.165, 1.54) is 53.1 Å². The molecule has 0 aliphatic carbocycles. The zero-order valence-electron chi connectivity index (χ0n) is 31.3. The van der Waals surface area contributed by atoms with E-state index in [0.29, 0.717) is 0 Å². The first-order valence-corrected chi connectivity index (χ1v) is 20.5. The molecule has 0 aliphatic rings. The highest BCUT2D eigenvalue weighted by atomic mass is 32.1. The van der Waals surface area contributed by atoms with Gasteiger partial charge in [0.05, 0.1) is 16.7 Å². The van der Waals surface area contributed by atoms with Gasteiger partial charge in [0.25, 0.3) is 0 Å². The molecule has 0 bridgehead atoms. The second-order valence-corrected chi connectivity index (χ2v) is 16.0. The summed E-state index contributed by atoms with van der Waals surface area (Å²) >= 11 is 1.85. The van der Waals surface area contributed by atoms with Gasteiger partial charge in [-0.05, 0) is 102 Å². The Hall–Kier alpha value is -7.40. The van der Waals surface area contributed by atoms with E-state index < -0.39 is 0 Å². The van der Waals surface area contributed by atoms with Crippen LogP contribution in [-0.2, 0) is 0 Å². The molecule has 0 amide bonds. The van der Waals surface area contributed by atoms with Crippen LogP contribution < -0.4 is 4.90 Å². The number of hydrogen-bond donors (Lipinski definition) is 0. The van der Waals surface area contributed by atoms with Crippen molar-refractivity contribution in [1.82, 2.24) is 4.57 Å². The van der Waals surface area contributed by atoms with Gasteiger partial charge >= 0.3 is 0 Å². The predicted molar refractivity (Wildman–Crippen MR) is 247 cm³/mol. The average Bonchev–Trinajstić information content (AvgIpc) is 3.96. The summed E-state index contributed by atoms with van der Waals surface area (Å²) in [6, 6.07) is 74.4. The second-order valence-electron chi connectivity index (χ2n) is 14.9. The van der Waals surface area contributed by atoms with Crippen molar-refractivity contribution >= 4 is 92.3 Å². The third-order valence-corrected chi connectivity index (χ3v) is 12.7. The van der Waals surface area contributed by atoms with Gasteiger partial charge in [-0.3, -0.25) is 0 Å². The molecule has 0 saturated heterocycles. The summed E-state index contributed by atoms with van der Waals surface area (Å²) in [7, 11) is 0. The van der Waals surface area contributed by atoms with Crippen LogP contribution >= 0.6 is 11.3 Å². The summed E-state index contributed by atoms with van der Waals surface area (Å²) in [4.78, 5) is 2.37. The van der Waals surface area contributed by atoms with Gasteiger partial charge in [0, 0.05) is 64.3 Å². The predicted octanol–water partition coefficient (Wildman–Crippen LogP) is 15.9. The summed E-state index contributed by atoms with van der Waals surface area (Å²) < 4.78 is 11.9. The number of fused-ring (bicyclic) bond motifs is 9. The van der Waals surface area contributed by atoms with Crippen LogP contribution in [0.25, 0.3) is 91.9 Å². The molecule has 12 rings (SSSR count). The number of aromatic nitrogens is 1. The van der Waals surface area contributed by atoms with E-state index in [4.69, 9.17) is 4.42 Å². The van der Waals surface area contributed by atoms with Gasteiger partial charge < -0.3 is 13.9 Å². The highest BCUT2D eigenvalue weighted by Crippen LogP contribution is 2.47. The Balaban J connectivity index is 1.06. The Labute approximate surface area is 338 Å². The molecule has 3 aromatic heterocycles. The van der Waals surface area contributed by atoms with Crippen molar-refractivity contribution in [3.05, 3.63) is 206 Å². The molecule has 0 unspecified atom stereocenters. The lowest BCUT2D eigenvalue weighted by Crippen LogP contribution is -2.11. The minimum Gasteiger partial charge on any atom is -0.455 e. The molecular weight excluding hydrogens is 725 g/mol. The number of benzene rings is 9. The van der Waals surface area contributed by atoms with Crippen molar-refractivity contribution < 1.29 is 4.42 Å². The number of furan rings is 1. The number of anilines is 3. The minimum atomic E-state index is 0.868. The molecule has 0 atom stereocenters. The van der Waals surface area contributed by atoms with Crippen molar-refractivity contribution in [3.63, 3.8) is 0 Å². The molecule has 3 heterocycles. The largest absolute Gasteiger partial charge is 0.455 e. The molecule has 0 N–H and O–H groups in total. The molecule has 9 aromatic carbocycles. The molecule has 58 heavy (non-hydrogen) atoms. The van der Waals surface area contributed by atoms with E-state index in [1.807, 2.05) is 17.4 Å². The lowest BCUT2D eigenvalue weighted by Gasteiger charge is -2.28. The van der Waals surface area contributed by atoms with Crippen LogP contribution in [-0.4, -0.2) is 4.57 Å². The maximum Gasteiger partial charge on any atom is 0.145 e. The number of para-hydroxylation sites is 4. The summed E-state index contributed by atoms with van der Waals surface area (Å²) in [6.07, 6.45) is 0. The topological polar surface area (TPSA) is 21.3 Å². The highest BCUT2D eigenvalue weighted by Gasteiger charge is 2.23. The lowest BCUT2D eigenvalue weighted by atomic mass is 9.97. The highest BCUT2D eigenvalue weighted by molar-refractivity contribution is 7.25. The lowest BCUT2D eigenvalue weighted by molar-refractivity contribution is 0.670. The molecule has 272 valence electrons. The van der Waals surface area contributed by atoms with Crippen molar-refractivity contribution in [1.29, 1.82) is 0 Å². The standard InChI is InChI=1S/C54H34N2OS/c1-2-14-38(15-3-1)55(39-28-25-35(26-29-39)36-27-32-52-46(34-36)44-20-7-11-24-51(44)58-52)49-31-30-45-43-19-6-10-23-50(43)57-54(45)53(49)37-13-12-16-40(33-37)56-47-21-8-4-17-41(47)42-18-5-9-22-48(42)56/h1-34H. The van der Waals surface area contributed by atoms with Gasteiger partial charge in [-0.25, -0.2) is 0 Å². The monoisotopic (exact) mass is 758 g/mol. The average molecular weight is 759 g/mol. The van der Waals surface area contributed by atoms with E-state index in [1.54, 1.807) is 0 Å². The first-order chi connectivity index (χ1) is 28.8. The Morgan fingerprint density at radius 2 is 1.03 bits per heavy atom. The van der Waals surface area contributed by atoms with Gasteiger partial charge in [0.2, 0.25) is 0 Å². The van der Waals surface area contributed by atoms with Gasteiger partial charge in [-0.2, -0.15) is 0 Å². The summed E-state index contributed by atoms with van der Waals surface area (Å²) in [5, 5.41) is 7.30. The Morgan fingerprint density at radius 3 is 1.83 bits per heavy atom. The number of thiophene rings is 1. The molecule has 0 saturated carbocycles.